The number of carbonyl (C=O) groups is 2. The number of carbonyl (C=O) groups excluding carboxylic acids is 2. The first kappa shape index (κ1) is 29.9. The number of amides is 2. The van der Waals surface area contributed by atoms with Crippen molar-refractivity contribution in [2.45, 2.75) is 59.5 Å². The molecule has 0 spiro atoms. The van der Waals surface area contributed by atoms with Gasteiger partial charge in [0.2, 0.25) is 21.8 Å². The van der Waals surface area contributed by atoms with Crippen molar-refractivity contribution in [1.29, 1.82) is 0 Å². The van der Waals surface area contributed by atoms with Gasteiger partial charge in [-0.25, -0.2) is 8.42 Å². The molecule has 0 aliphatic rings. The number of halogens is 2. The average molecular weight is 557 g/mol. The summed E-state index contributed by atoms with van der Waals surface area (Å²) in [6.07, 6.45) is 2.24. The van der Waals surface area contributed by atoms with Gasteiger partial charge in [0.1, 0.15) is 6.04 Å². The van der Waals surface area contributed by atoms with Gasteiger partial charge in [0.25, 0.3) is 0 Å². The third-order valence-electron chi connectivity index (χ3n) is 6.10. The maximum atomic E-state index is 13.4. The number of rotatable bonds is 12. The molecule has 2 aromatic carbocycles. The highest BCUT2D eigenvalue weighted by atomic mass is 35.5. The molecule has 7 nitrogen and oxygen atoms in total. The van der Waals surface area contributed by atoms with Crippen LogP contribution in [-0.2, 0) is 26.2 Å². The van der Waals surface area contributed by atoms with Crippen LogP contribution in [0.15, 0.2) is 36.4 Å². The summed E-state index contributed by atoms with van der Waals surface area (Å²) >= 11 is 12.7. The predicted molar refractivity (Wildman–Crippen MR) is 147 cm³/mol. The van der Waals surface area contributed by atoms with Crippen LogP contribution in [0.2, 0.25) is 10.0 Å². The summed E-state index contributed by atoms with van der Waals surface area (Å²) in [7, 11) is -3.57. The molecule has 0 radical (unpaired) electrons. The van der Waals surface area contributed by atoms with Crippen molar-refractivity contribution in [2.75, 3.05) is 23.7 Å². The van der Waals surface area contributed by atoms with Gasteiger partial charge in [0.05, 0.1) is 11.9 Å². The second-order valence-electron chi connectivity index (χ2n) is 8.85. The van der Waals surface area contributed by atoms with Crippen LogP contribution in [0.3, 0.4) is 0 Å². The van der Waals surface area contributed by atoms with E-state index in [0.29, 0.717) is 27.8 Å². The lowest BCUT2D eigenvalue weighted by Crippen LogP contribution is -2.48. The van der Waals surface area contributed by atoms with Gasteiger partial charge in [-0.1, -0.05) is 48.3 Å². The number of sulfonamides is 1. The molecule has 2 amide bonds. The second kappa shape index (κ2) is 13.3. The molecule has 198 valence electrons. The molecule has 1 atom stereocenters. The molecule has 0 aliphatic carbocycles. The molecule has 0 aliphatic heterocycles. The maximum Gasteiger partial charge on any atom is 0.242 e. The van der Waals surface area contributed by atoms with E-state index in [-0.39, 0.29) is 37.7 Å². The third kappa shape index (κ3) is 7.85. The first-order chi connectivity index (χ1) is 16.9. The zero-order valence-electron chi connectivity index (χ0n) is 21.5. The zero-order chi connectivity index (χ0) is 27.0. The number of hydrogen-bond acceptors (Lipinski definition) is 4. The quantitative estimate of drug-likeness (QED) is 0.394. The highest BCUT2D eigenvalue weighted by Crippen LogP contribution is 2.28. The Labute approximate surface area is 224 Å². The molecule has 0 fully saturated rings. The highest BCUT2D eigenvalue weighted by Gasteiger charge is 2.28. The van der Waals surface area contributed by atoms with Crippen LogP contribution in [0, 0.1) is 13.8 Å². The van der Waals surface area contributed by atoms with E-state index in [0.717, 1.165) is 23.8 Å². The molecule has 0 saturated heterocycles. The molecule has 10 heteroatoms. The summed E-state index contributed by atoms with van der Waals surface area (Å²) in [6, 6.07) is 9.81. The van der Waals surface area contributed by atoms with Crippen LogP contribution in [0.5, 0.6) is 0 Å². The molecular weight excluding hydrogens is 521 g/mol. The molecule has 0 aromatic heterocycles. The lowest BCUT2D eigenvalue weighted by atomic mass is 10.1. The van der Waals surface area contributed by atoms with Crippen LogP contribution in [-0.4, -0.2) is 50.5 Å². The SMILES string of the molecule is CCCNC(=O)C(C)N(Cc1c(Cl)cccc1Cl)C(=O)CCCN(c1cccc(C)c1C)S(C)(=O)=O. The van der Waals surface area contributed by atoms with Crippen LogP contribution in [0.25, 0.3) is 0 Å². The minimum atomic E-state index is -3.57. The Bertz CT molecular complexity index is 1170. The summed E-state index contributed by atoms with van der Waals surface area (Å²) in [5, 5.41) is 3.63. The first-order valence-electron chi connectivity index (χ1n) is 11.9. The van der Waals surface area contributed by atoms with E-state index in [2.05, 4.69) is 5.32 Å². The van der Waals surface area contributed by atoms with Gasteiger partial charge >= 0.3 is 0 Å². The molecule has 2 rings (SSSR count). The Balaban J connectivity index is 2.24. The Hall–Kier alpha value is -2.29. The van der Waals surface area contributed by atoms with E-state index >= 15 is 0 Å². The third-order valence-corrected chi connectivity index (χ3v) is 7.99. The van der Waals surface area contributed by atoms with Crippen molar-refractivity contribution < 1.29 is 18.0 Å². The number of nitrogens with zero attached hydrogens (tertiary/aromatic N) is 2. The summed E-state index contributed by atoms with van der Waals surface area (Å²) in [5.74, 6) is -0.568. The van der Waals surface area contributed by atoms with Gasteiger partial charge in [-0.2, -0.15) is 0 Å². The monoisotopic (exact) mass is 555 g/mol. The fourth-order valence-electron chi connectivity index (χ4n) is 3.82. The van der Waals surface area contributed by atoms with Gasteiger partial charge in [0.15, 0.2) is 0 Å². The standard InChI is InChI=1S/C26H35Cl2N3O4S/c1-6-15-29-26(33)20(4)30(17-21-22(27)11-8-12-23(21)28)25(32)14-9-16-31(36(5,34)35)24-13-7-10-18(2)19(24)3/h7-8,10-13,20H,6,9,14-17H2,1-5H3,(H,29,33). The smallest absolute Gasteiger partial charge is 0.242 e. The van der Waals surface area contributed by atoms with Gasteiger partial charge in [-0.3, -0.25) is 13.9 Å². The molecular formula is C26H35Cl2N3O4S. The second-order valence-corrected chi connectivity index (χ2v) is 11.6. The van der Waals surface area contributed by atoms with Crippen molar-refractivity contribution in [2.24, 2.45) is 0 Å². The average Bonchev–Trinajstić information content (AvgIpc) is 2.81. The summed E-state index contributed by atoms with van der Waals surface area (Å²) in [6.45, 7) is 8.09. The van der Waals surface area contributed by atoms with E-state index in [1.54, 1.807) is 31.2 Å². The minimum absolute atomic E-state index is 0.0460. The molecule has 0 bridgehead atoms. The van der Waals surface area contributed by atoms with Crippen molar-refractivity contribution in [3.63, 3.8) is 0 Å². The number of aryl methyl sites for hydroxylation is 1. The Morgan fingerprint density at radius 1 is 1.06 bits per heavy atom. The van der Waals surface area contributed by atoms with E-state index in [1.807, 2.05) is 32.9 Å². The largest absolute Gasteiger partial charge is 0.354 e. The molecule has 0 saturated carbocycles. The highest BCUT2D eigenvalue weighted by molar-refractivity contribution is 7.92. The van der Waals surface area contributed by atoms with Crippen LogP contribution in [0.4, 0.5) is 5.69 Å². The fourth-order valence-corrected chi connectivity index (χ4v) is 5.35. The van der Waals surface area contributed by atoms with E-state index < -0.39 is 16.1 Å². The number of hydrogen-bond donors (Lipinski definition) is 1. The first-order valence-corrected chi connectivity index (χ1v) is 14.5. The summed E-state index contributed by atoms with van der Waals surface area (Å²) in [5.41, 5.74) is 2.99. The minimum Gasteiger partial charge on any atom is -0.354 e. The Kier molecular flexibility index (Phi) is 11.1. The predicted octanol–water partition coefficient (Wildman–Crippen LogP) is 5.10. The van der Waals surface area contributed by atoms with Crippen molar-refractivity contribution >= 4 is 50.7 Å². The van der Waals surface area contributed by atoms with Gasteiger partial charge in [-0.05, 0) is 62.9 Å². The van der Waals surface area contributed by atoms with E-state index in [4.69, 9.17) is 23.2 Å². The summed E-state index contributed by atoms with van der Waals surface area (Å²) < 4.78 is 26.5. The topological polar surface area (TPSA) is 86.8 Å². The van der Waals surface area contributed by atoms with Gasteiger partial charge < -0.3 is 10.2 Å². The van der Waals surface area contributed by atoms with Crippen molar-refractivity contribution in [3.05, 3.63) is 63.1 Å². The van der Waals surface area contributed by atoms with Crippen LogP contribution >= 0.6 is 23.2 Å². The number of benzene rings is 2. The van der Waals surface area contributed by atoms with E-state index in [9.17, 15) is 18.0 Å². The molecule has 2 aromatic rings. The molecule has 0 heterocycles. The number of anilines is 1. The Morgan fingerprint density at radius 2 is 1.67 bits per heavy atom. The van der Waals surface area contributed by atoms with Crippen molar-refractivity contribution in [1.82, 2.24) is 10.2 Å². The zero-order valence-corrected chi connectivity index (χ0v) is 23.8. The van der Waals surface area contributed by atoms with Crippen molar-refractivity contribution in [3.8, 4) is 0 Å². The van der Waals surface area contributed by atoms with Crippen LogP contribution < -0.4 is 9.62 Å². The van der Waals surface area contributed by atoms with E-state index in [1.165, 1.54) is 9.21 Å². The van der Waals surface area contributed by atoms with Crippen LogP contribution in [0.1, 0.15) is 49.8 Å². The fraction of sp³-hybridized carbons (Fsp3) is 0.462. The lowest BCUT2D eigenvalue weighted by Gasteiger charge is -2.30. The molecule has 36 heavy (non-hydrogen) atoms. The Morgan fingerprint density at radius 3 is 2.25 bits per heavy atom. The molecule has 1 unspecified atom stereocenters. The normalized spacial score (nSPS) is 12.2. The molecule has 1 N–H and O–H groups in total. The van der Waals surface area contributed by atoms with Gasteiger partial charge in [-0.15, -0.1) is 0 Å². The summed E-state index contributed by atoms with van der Waals surface area (Å²) in [4.78, 5) is 27.5. The van der Waals surface area contributed by atoms with Gasteiger partial charge in [0, 0.05) is 41.7 Å². The number of nitrogens with one attached hydrogen (secondary N) is 1. The maximum absolute atomic E-state index is 13.4. The lowest BCUT2D eigenvalue weighted by molar-refractivity contribution is -0.140.